The smallest absolute Gasteiger partial charge is 0.413 e. The highest BCUT2D eigenvalue weighted by atomic mass is 32.1. The van der Waals surface area contributed by atoms with Crippen LogP contribution < -0.4 is 10.2 Å². The monoisotopic (exact) mass is 354 g/mol. The maximum Gasteiger partial charge on any atom is 0.413 e. The number of benzene rings is 1. The summed E-state index contributed by atoms with van der Waals surface area (Å²) in [6.07, 6.45) is 4.66. The summed E-state index contributed by atoms with van der Waals surface area (Å²) in [4.78, 5) is 24.4. The number of rotatable bonds is 3. The molecule has 0 fully saturated rings. The summed E-state index contributed by atoms with van der Waals surface area (Å²) in [5, 5.41) is 4.54. The zero-order valence-electron chi connectivity index (χ0n) is 14.1. The molecule has 4 rings (SSSR count). The lowest BCUT2D eigenvalue weighted by Crippen LogP contribution is -2.25. The highest BCUT2D eigenvalue weighted by Crippen LogP contribution is 2.39. The van der Waals surface area contributed by atoms with Crippen molar-refractivity contribution in [3.8, 4) is 0 Å². The van der Waals surface area contributed by atoms with Crippen molar-refractivity contribution >= 4 is 44.8 Å². The van der Waals surface area contributed by atoms with Crippen LogP contribution in [0, 0.1) is 0 Å². The Kier molecular flexibility index (Phi) is 4.01. The highest BCUT2D eigenvalue weighted by Gasteiger charge is 2.21. The van der Waals surface area contributed by atoms with Gasteiger partial charge >= 0.3 is 6.09 Å². The Morgan fingerprint density at radius 1 is 1.24 bits per heavy atom. The fraction of sp³-hybridized carbons (Fsp3) is 0.278. The van der Waals surface area contributed by atoms with E-state index in [0.29, 0.717) is 0 Å². The second-order valence-corrected chi connectivity index (χ2v) is 7.04. The number of hydrogen-bond donors (Lipinski definition) is 1. The number of aryl methyl sites for hydroxylation is 2. The van der Waals surface area contributed by atoms with Crippen LogP contribution in [0.25, 0.3) is 10.2 Å². The fourth-order valence-corrected chi connectivity index (χ4v) is 4.40. The molecule has 1 amide bonds. The molecule has 0 unspecified atom stereocenters. The molecule has 0 aliphatic heterocycles. The van der Waals surface area contributed by atoms with E-state index in [1.165, 1.54) is 28.9 Å². The molecule has 2 aromatic heterocycles. The molecule has 0 bridgehead atoms. The predicted octanol–water partition coefficient (Wildman–Crippen LogP) is 4.13. The minimum absolute atomic E-state index is 0.396. The molecule has 7 heteroatoms. The van der Waals surface area contributed by atoms with Crippen molar-refractivity contribution in [2.75, 3.05) is 24.4 Å². The first-order valence-electron chi connectivity index (χ1n) is 8.11. The molecule has 1 aliphatic carbocycles. The summed E-state index contributed by atoms with van der Waals surface area (Å²) in [6.45, 7) is 0. The Hall–Kier alpha value is -2.67. The fourth-order valence-electron chi connectivity index (χ4n) is 3.17. The van der Waals surface area contributed by atoms with Gasteiger partial charge in [-0.2, -0.15) is 0 Å². The van der Waals surface area contributed by atoms with Crippen LogP contribution in [0.3, 0.4) is 0 Å². The van der Waals surface area contributed by atoms with Gasteiger partial charge in [0.15, 0.2) is 0 Å². The minimum Gasteiger partial charge on any atom is -0.452 e. The maximum absolute atomic E-state index is 11.6. The summed E-state index contributed by atoms with van der Waals surface area (Å²) in [5.41, 5.74) is 3.08. The standard InChI is InChI=1S/C18H18N4O2S/c1-22(18(23)24-2)12-8-6-11(7-9-12)21-16-15-13-4-3-5-14(13)25-17(15)20-10-19-16/h6-10H,3-5H2,1-2H3,(H,19,20,21). The van der Waals surface area contributed by atoms with Crippen molar-refractivity contribution in [3.63, 3.8) is 0 Å². The number of amides is 1. The number of hydrogen-bond acceptors (Lipinski definition) is 6. The van der Waals surface area contributed by atoms with Crippen LogP contribution in [-0.4, -0.2) is 30.2 Å². The van der Waals surface area contributed by atoms with Gasteiger partial charge in [0.05, 0.1) is 12.5 Å². The molecule has 0 spiro atoms. The molecule has 0 radical (unpaired) electrons. The first-order valence-corrected chi connectivity index (χ1v) is 8.93. The topological polar surface area (TPSA) is 67.3 Å². The lowest BCUT2D eigenvalue weighted by atomic mass is 10.2. The average Bonchev–Trinajstić information content (AvgIpc) is 3.22. The summed E-state index contributed by atoms with van der Waals surface area (Å²) < 4.78 is 4.73. The minimum atomic E-state index is -0.396. The van der Waals surface area contributed by atoms with Gasteiger partial charge in [-0.1, -0.05) is 0 Å². The van der Waals surface area contributed by atoms with Gasteiger partial charge in [0, 0.05) is 23.3 Å². The highest BCUT2D eigenvalue weighted by molar-refractivity contribution is 7.19. The lowest BCUT2D eigenvalue weighted by molar-refractivity contribution is 0.180. The SMILES string of the molecule is COC(=O)N(C)c1ccc(Nc2ncnc3sc4c(c23)CCC4)cc1. The molecule has 3 aromatic rings. The number of anilines is 3. The first kappa shape index (κ1) is 15.8. The van der Waals surface area contributed by atoms with Crippen LogP contribution >= 0.6 is 11.3 Å². The number of carbonyl (C=O) groups is 1. The number of nitrogens with zero attached hydrogens (tertiary/aromatic N) is 3. The van der Waals surface area contributed by atoms with Gasteiger partial charge in [-0.15, -0.1) is 11.3 Å². The maximum atomic E-state index is 11.6. The Bertz CT molecular complexity index is 936. The van der Waals surface area contributed by atoms with Crippen molar-refractivity contribution in [1.82, 2.24) is 9.97 Å². The normalized spacial score (nSPS) is 12.9. The molecule has 1 N–H and O–H groups in total. The zero-order chi connectivity index (χ0) is 17.4. The summed E-state index contributed by atoms with van der Waals surface area (Å²) >= 11 is 1.77. The van der Waals surface area contributed by atoms with Gasteiger partial charge in [0.2, 0.25) is 0 Å². The van der Waals surface area contributed by atoms with Crippen molar-refractivity contribution in [1.29, 1.82) is 0 Å². The summed E-state index contributed by atoms with van der Waals surface area (Å²) in [7, 11) is 3.05. The second-order valence-electron chi connectivity index (χ2n) is 5.96. The van der Waals surface area contributed by atoms with E-state index in [4.69, 9.17) is 4.74 Å². The van der Waals surface area contributed by atoms with Gasteiger partial charge in [-0.05, 0) is 49.1 Å². The van der Waals surface area contributed by atoms with Crippen molar-refractivity contribution in [2.45, 2.75) is 19.3 Å². The molecular formula is C18H18N4O2S. The Morgan fingerprint density at radius 3 is 2.80 bits per heavy atom. The van der Waals surface area contributed by atoms with Crippen LogP contribution in [0.4, 0.5) is 22.0 Å². The van der Waals surface area contributed by atoms with Crippen molar-refractivity contribution in [3.05, 3.63) is 41.0 Å². The van der Waals surface area contributed by atoms with E-state index in [0.717, 1.165) is 40.3 Å². The van der Waals surface area contributed by atoms with E-state index in [2.05, 4.69) is 15.3 Å². The molecule has 0 atom stereocenters. The molecule has 1 aliphatic rings. The van der Waals surface area contributed by atoms with Crippen LogP contribution in [0.15, 0.2) is 30.6 Å². The number of methoxy groups -OCH3 is 1. The van der Waals surface area contributed by atoms with Gasteiger partial charge in [-0.25, -0.2) is 14.8 Å². The van der Waals surface area contributed by atoms with Gasteiger partial charge in [0.1, 0.15) is 17.0 Å². The van der Waals surface area contributed by atoms with Crippen LogP contribution in [0.1, 0.15) is 16.9 Å². The van der Waals surface area contributed by atoms with E-state index in [1.807, 2.05) is 24.3 Å². The molecule has 0 saturated carbocycles. The first-order chi connectivity index (χ1) is 12.2. The molecule has 25 heavy (non-hydrogen) atoms. The molecular weight excluding hydrogens is 336 g/mol. The third kappa shape index (κ3) is 2.80. The molecule has 6 nitrogen and oxygen atoms in total. The largest absolute Gasteiger partial charge is 0.452 e. The predicted molar refractivity (Wildman–Crippen MR) is 100.0 cm³/mol. The quantitative estimate of drug-likeness (QED) is 0.766. The molecule has 0 saturated heterocycles. The Morgan fingerprint density at radius 2 is 2.04 bits per heavy atom. The lowest BCUT2D eigenvalue weighted by Gasteiger charge is -2.16. The molecule has 128 valence electrons. The second kappa shape index (κ2) is 6.33. The van der Waals surface area contributed by atoms with E-state index in [1.54, 1.807) is 24.7 Å². The number of thiophene rings is 1. The Balaban J connectivity index is 1.63. The number of carbonyl (C=O) groups excluding carboxylic acids is 1. The number of aromatic nitrogens is 2. The molecule has 1 aromatic carbocycles. The molecule has 2 heterocycles. The Labute approximate surface area is 149 Å². The number of nitrogens with one attached hydrogen (secondary N) is 1. The van der Waals surface area contributed by atoms with Crippen LogP contribution in [-0.2, 0) is 17.6 Å². The number of fused-ring (bicyclic) bond motifs is 3. The number of ether oxygens (including phenoxy) is 1. The summed E-state index contributed by atoms with van der Waals surface area (Å²) in [6, 6.07) is 7.59. The van der Waals surface area contributed by atoms with E-state index in [9.17, 15) is 4.79 Å². The van der Waals surface area contributed by atoms with Gasteiger partial charge in [-0.3, -0.25) is 4.90 Å². The van der Waals surface area contributed by atoms with Crippen molar-refractivity contribution in [2.24, 2.45) is 0 Å². The zero-order valence-corrected chi connectivity index (χ0v) is 14.9. The van der Waals surface area contributed by atoms with Gasteiger partial charge < -0.3 is 10.1 Å². The van der Waals surface area contributed by atoms with Crippen molar-refractivity contribution < 1.29 is 9.53 Å². The van der Waals surface area contributed by atoms with E-state index >= 15 is 0 Å². The van der Waals surface area contributed by atoms with Crippen LogP contribution in [0.5, 0.6) is 0 Å². The van der Waals surface area contributed by atoms with Gasteiger partial charge in [0.25, 0.3) is 0 Å². The third-order valence-corrected chi connectivity index (χ3v) is 5.67. The van der Waals surface area contributed by atoms with E-state index in [-0.39, 0.29) is 0 Å². The average molecular weight is 354 g/mol. The van der Waals surface area contributed by atoms with Crippen LogP contribution in [0.2, 0.25) is 0 Å². The van der Waals surface area contributed by atoms with E-state index < -0.39 is 6.09 Å². The summed E-state index contributed by atoms with van der Waals surface area (Å²) in [5.74, 6) is 0.846. The third-order valence-electron chi connectivity index (χ3n) is 4.47.